The van der Waals surface area contributed by atoms with Gasteiger partial charge in [0.2, 0.25) is 0 Å². The Bertz CT molecular complexity index is 301. The van der Waals surface area contributed by atoms with Gasteiger partial charge >= 0.3 is 0 Å². The Morgan fingerprint density at radius 2 is 2.33 bits per heavy atom. The SMILES string of the molecule is Cc1cccc(CC(S)C#N)c1. The molecule has 0 heterocycles. The highest BCUT2D eigenvalue weighted by atomic mass is 32.1. The lowest BCUT2D eigenvalue weighted by Gasteiger charge is -2.02. The van der Waals surface area contributed by atoms with Crippen LogP contribution in [0.1, 0.15) is 11.1 Å². The van der Waals surface area contributed by atoms with E-state index in [2.05, 4.69) is 24.8 Å². The molecule has 0 bridgehead atoms. The first-order valence-electron chi connectivity index (χ1n) is 3.85. The molecule has 1 unspecified atom stereocenters. The molecule has 1 atom stereocenters. The van der Waals surface area contributed by atoms with Crippen molar-refractivity contribution < 1.29 is 0 Å². The van der Waals surface area contributed by atoms with Gasteiger partial charge < -0.3 is 0 Å². The van der Waals surface area contributed by atoms with Crippen LogP contribution in [0.25, 0.3) is 0 Å². The van der Waals surface area contributed by atoms with E-state index in [-0.39, 0.29) is 5.25 Å². The summed E-state index contributed by atoms with van der Waals surface area (Å²) in [5, 5.41) is 8.35. The second-order valence-corrected chi connectivity index (χ2v) is 3.46. The van der Waals surface area contributed by atoms with Crippen LogP contribution >= 0.6 is 12.6 Å². The molecule has 1 rings (SSSR count). The third kappa shape index (κ3) is 2.60. The second kappa shape index (κ2) is 4.18. The van der Waals surface area contributed by atoms with Crippen molar-refractivity contribution in [1.29, 1.82) is 5.26 Å². The molecule has 0 aliphatic rings. The number of benzene rings is 1. The Morgan fingerprint density at radius 3 is 2.92 bits per heavy atom. The highest BCUT2D eigenvalue weighted by molar-refractivity contribution is 7.81. The van der Waals surface area contributed by atoms with Crippen molar-refractivity contribution in [2.24, 2.45) is 0 Å². The van der Waals surface area contributed by atoms with Gasteiger partial charge in [-0.15, -0.1) is 0 Å². The first-order valence-corrected chi connectivity index (χ1v) is 4.37. The third-order valence-electron chi connectivity index (χ3n) is 1.66. The summed E-state index contributed by atoms with van der Waals surface area (Å²) in [5.41, 5.74) is 2.41. The largest absolute Gasteiger partial charge is 0.197 e. The molecule has 0 fully saturated rings. The van der Waals surface area contributed by atoms with E-state index in [1.165, 1.54) is 11.1 Å². The van der Waals surface area contributed by atoms with Crippen molar-refractivity contribution in [3.05, 3.63) is 35.4 Å². The number of hydrogen-bond donors (Lipinski definition) is 1. The van der Waals surface area contributed by atoms with E-state index in [9.17, 15) is 0 Å². The van der Waals surface area contributed by atoms with Crippen LogP contribution in [0.3, 0.4) is 0 Å². The number of hydrogen-bond acceptors (Lipinski definition) is 2. The van der Waals surface area contributed by atoms with Crippen LogP contribution in [0.5, 0.6) is 0 Å². The minimum absolute atomic E-state index is 0.188. The summed E-state index contributed by atoms with van der Waals surface area (Å²) < 4.78 is 0. The molecule has 2 heteroatoms. The normalized spacial score (nSPS) is 12.1. The summed E-state index contributed by atoms with van der Waals surface area (Å²) in [4.78, 5) is 0. The fourth-order valence-corrected chi connectivity index (χ4v) is 1.32. The van der Waals surface area contributed by atoms with Crippen molar-refractivity contribution in [2.75, 3.05) is 0 Å². The minimum atomic E-state index is -0.188. The third-order valence-corrected chi connectivity index (χ3v) is 1.96. The van der Waals surface area contributed by atoms with Gasteiger partial charge in [0.15, 0.2) is 0 Å². The fourth-order valence-electron chi connectivity index (χ4n) is 1.11. The Morgan fingerprint density at radius 1 is 1.58 bits per heavy atom. The highest BCUT2D eigenvalue weighted by Crippen LogP contribution is 2.09. The van der Waals surface area contributed by atoms with Crippen LogP contribution in [0, 0.1) is 18.3 Å². The average Bonchev–Trinajstić information content (AvgIpc) is 2.04. The maximum Gasteiger partial charge on any atom is 0.0927 e. The Hall–Kier alpha value is -0.940. The highest BCUT2D eigenvalue weighted by Gasteiger charge is 2.01. The molecule has 0 N–H and O–H groups in total. The zero-order valence-electron chi connectivity index (χ0n) is 6.99. The lowest BCUT2D eigenvalue weighted by atomic mass is 10.1. The van der Waals surface area contributed by atoms with Gasteiger partial charge in [-0.3, -0.25) is 0 Å². The molecule has 1 aromatic carbocycles. The molecule has 12 heavy (non-hydrogen) atoms. The molecule has 62 valence electrons. The van der Waals surface area contributed by atoms with Crippen LogP contribution in [-0.2, 0) is 6.42 Å². The summed E-state index contributed by atoms with van der Waals surface area (Å²) in [6.07, 6.45) is 0.724. The van der Waals surface area contributed by atoms with Crippen molar-refractivity contribution in [1.82, 2.24) is 0 Å². The summed E-state index contributed by atoms with van der Waals surface area (Å²) in [6, 6.07) is 10.2. The van der Waals surface area contributed by atoms with Crippen LogP contribution in [0.4, 0.5) is 0 Å². The van der Waals surface area contributed by atoms with E-state index >= 15 is 0 Å². The van der Waals surface area contributed by atoms with Gasteiger partial charge in [-0.1, -0.05) is 29.8 Å². The van der Waals surface area contributed by atoms with Gasteiger partial charge in [0, 0.05) is 0 Å². The minimum Gasteiger partial charge on any atom is -0.197 e. The summed E-state index contributed by atoms with van der Waals surface area (Å²) >= 11 is 4.11. The van der Waals surface area contributed by atoms with Gasteiger partial charge in [0.1, 0.15) is 0 Å². The van der Waals surface area contributed by atoms with Crippen LogP contribution in [-0.4, -0.2) is 5.25 Å². The van der Waals surface area contributed by atoms with Crippen molar-refractivity contribution >= 4 is 12.6 Å². The first kappa shape index (κ1) is 9.15. The summed E-state index contributed by atoms with van der Waals surface area (Å²) in [6.45, 7) is 2.05. The molecule has 0 aliphatic carbocycles. The van der Waals surface area contributed by atoms with Gasteiger partial charge in [-0.25, -0.2) is 0 Å². The predicted octanol–water partition coefficient (Wildman–Crippen LogP) is 2.36. The molecular weight excluding hydrogens is 166 g/mol. The second-order valence-electron chi connectivity index (χ2n) is 2.84. The first-order chi connectivity index (χ1) is 5.72. The number of nitrogens with zero attached hydrogens (tertiary/aromatic N) is 1. The molecule has 1 aromatic rings. The fraction of sp³-hybridized carbons (Fsp3) is 0.300. The van der Waals surface area contributed by atoms with Gasteiger partial charge in [-0.2, -0.15) is 17.9 Å². The topological polar surface area (TPSA) is 23.8 Å². The lowest BCUT2D eigenvalue weighted by Crippen LogP contribution is -1.99. The van der Waals surface area contributed by atoms with Crippen LogP contribution < -0.4 is 0 Å². The molecule has 0 saturated heterocycles. The van der Waals surface area contributed by atoms with E-state index in [0.717, 1.165) is 6.42 Å². The molecule has 0 radical (unpaired) electrons. The Balaban J connectivity index is 2.71. The van der Waals surface area contributed by atoms with Gasteiger partial charge in [0.05, 0.1) is 11.3 Å². The molecule has 0 amide bonds. The zero-order valence-corrected chi connectivity index (χ0v) is 7.88. The van der Waals surface area contributed by atoms with Crippen molar-refractivity contribution in [2.45, 2.75) is 18.6 Å². The predicted molar refractivity (Wildman–Crippen MR) is 53.3 cm³/mol. The van der Waals surface area contributed by atoms with E-state index in [1.807, 2.05) is 25.1 Å². The smallest absolute Gasteiger partial charge is 0.0927 e. The number of thiol groups is 1. The summed E-state index contributed by atoms with van der Waals surface area (Å²) in [5.74, 6) is 0. The quantitative estimate of drug-likeness (QED) is 0.689. The van der Waals surface area contributed by atoms with Crippen molar-refractivity contribution in [3.63, 3.8) is 0 Å². The monoisotopic (exact) mass is 177 g/mol. The molecule has 0 saturated carbocycles. The average molecular weight is 177 g/mol. The van der Waals surface area contributed by atoms with E-state index < -0.39 is 0 Å². The molecule has 1 nitrogen and oxygen atoms in total. The van der Waals surface area contributed by atoms with E-state index in [4.69, 9.17) is 5.26 Å². The molecular formula is C10H11NS. The molecule has 0 spiro atoms. The Labute approximate surface area is 78.4 Å². The lowest BCUT2D eigenvalue weighted by molar-refractivity contribution is 1.03. The van der Waals surface area contributed by atoms with E-state index in [0.29, 0.717) is 0 Å². The van der Waals surface area contributed by atoms with Crippen LogP contribution in [0.15, 0.2) is 24.3 Å². The standard InChI is InChI=1S/C10H11NS/c1-8-3-2-4-9(5-8)6-10(12)7-11/h2-5,10,12H,6H2,1H3. The van der Waals surface area contributed by atoms with Gasteiger partial charge in [-0.05, 0) is 18.9 Å². The maximum atomic E-state index is 8.54. The molecule has 0 aliphatic heterocycles. The number of nitriles is 1. The van der Waals surface area contributed by atoms with Gasteiger partial charge in [0.25, 0.3) is 0 Å². The Kier molecular flexibility index (Phi) is 3.19. The number of aryl methyl sites for hydroxylation is 1. The molecule has 0 aromatic heterocycles. The van der Waals surface area contributed by atoms with E-state index in [1.54, 1.807) is 0 Å². The summed E-state index contributed by atoms with van der Waals surface area (Å²) in [7, 11) is 0. The van der Waals surface area contributed by atoms with Crippen LogP contribution in [0.2, 0.25) is 0 Å². The number of rotatable bonds is 2. The zero-order chi connectivity index (χ0) is 8.97. The van der Waals surface area contributed by atoms with Crippen molar-refractivity contribution in [3.8, 4) is 6.07 Å². The maximum absolute atomic E-state index is 8.54.